The summed E-state index contributed by atoms with van der Waals surface area (Å²) in [6.45, 7) is 10.4. The third-order valence-corrected chi connectivity index (χ3v) is 2.98. The summed E-state index contributed by atoms with van der Waals surface area (Å²) in [4.78, 5) is 8.84. The Morgan fingerprint density at radius 3 is 2.42 bits per heavy atom. The zero-order valence-electron chi connectivity index (χ0n) is 12.0. The molecule has 0 aliphatic rings. The second-order valence-electron chi connectivity index (χ2n) is 5.96. The summed E-state index contributed by atoms with van der Waals surface area (Å²) in [6.07, 6.45) is 1.90. The maximum atomic E-state index is 6.08. The van der Waals surface area contributed by atoms with Crippen LogP contribution < -0.4 is 0 Å². The third kappa shape index (κ3) is 3.13. The number of rotatable bonds is 2. The average Bonchev–Trinajstić information content (AvgIpc) is 2.76. The van der Waals surface area contributed by atoms with Gasteiger partial charge in [-0.1, -0.05) is 46.2 Å². The molecule has 0 bridgehead atoms. The van der Waals surface area contributed by atoms with Crippen molar-refractivity contribution in [3.05, 3.63) is 35.0 Å². The van der Waals surface area contributed by atoms with Crippen molar-refractivity contribution >= 4 is 11.6 Å². The standard InChI is InChI=1S/C14H19ClN4/c1-9(2)10-6-7-19(18-10)12-8-11(15)16-13(17-12)14(3,4)5/h6-9H,1-5H3. The van der Waals surface area contributed by atoms with Gasteiger partial charge in [0.25, 0.3) is 0 Å². The molecule has 0 atom stereocenters. The lowest BCUT2D eigenvalue weighted by molar-refractivity contribution is 0.541. The Morgan fingerprint density at radius 1 is 1.21 bits per heavy atom. The van der Waals surface area contributed by atoms with Crippen molar-refractivity contribution in [1.29, 1.82) is 0 Å². The van der Waals surface area contributed by atoms with Gasteiger partial charge in [0.2, 0.25) is 0 Å². The second kappa shape index (κ2) is 4.93. The van der Waals surface area contributed by atoms with Crippen LogP contribution in [-0.2, 0) is 5.41 Å². The van der Waals surface area contributed by atoms with E-state index in [1.165, 1.54) is 0 Å². The van der Waals surface area contributed by atoms with Crippen LogP contribution in [0.1, 0.15) is 52.1 Å². The third-order valence-electron chi connectivity index (χ3n) is 2.79. The molecule has 0 aromatic carbocycles. The molecule has 0 aliphatic heterocycles. The zero-order chi connectivity index (χ0) is 14.2. The smallest absolute Gasteiger partial charge is 0.158 e. The molecule has 0 spiro atoms. The molecular formula is C14H19ClN4. The Morgan fingerprint density at radius 2 is 1.89 bits per heavy atom. The molecule has 5 heteroatoms. The van der Waals surface area contributed by atoms with E-state index < -0.39 is 0 Å². The van der Waals surface area contributed by atoms with Crippen molar-refractivity contribution in [1.82, 2.24) is 19.7 Å². The van der Waals surface area contributed by atoms with Gasteiger partial charge in [0.15, 0.2) is 5.82 Å². The van der Waals surface area contributed by atoms with E-state index in [4.69, 9.17) is 11.6 Å². The van der Waals surface area contributed by atoms with Gasteiger partial charge in [0, 0.05) is 17.7 Å². The molecule has 2 rings (SSSR count). The van der Waals surface area contributed by atoms with E-state index in [2.05, 4.69) is 49.7 Å². The van der Waals surface area contributed by atoms with Crippen molar-refractivity contribution in [3.8, 4) is 5.82 Å². The molecule has 4 nitrogen and oxygen atoms in total. The van der Waals surface area contributed by atoms with Crippen molar-refractivity contribution in [3.63, 3.8) is 0 Å². The molecule has 0 saturated heterocycles. The highest BCUT2D eigenvalue weighted by atomic mass is 35.5. The number of hydrogen-bond acceptors (Lipinski definition) is 3. The highest BCUT2D eigenvalue weighted by Crippen LogP contribution is 2.22. The van der Waals surface area contributed by atoms with Crippen LogP contribution in [0.5, 0.6) is 0 Å². The van der Waals surface area contributed by atoms with E-state index in [1.54, 1.807) is 10.7 Å². The van der Waals surface area contributed by atoms with Crippen LogP contribution >= 0.6 is 11.6 Å². The zero-order valence-corrected chi connectivity index (χ0v) is 12.7. The van der Waals surface area contributed by atoms with Gasteiger partial charge in [0.1, 0.15) is 11.0 Å². The fraction of sp³-hybridized carbons (Fsp3) is 0.500. The SMILES string of the molecule is CC(C)c1ccn(-c2cc(Cl)nc(C(C)(C)C)n2)n1. The highest BCUT2D eigenvalue weighted by molar-refractivity contribution is 6.29. The summed E-state index contributed by atoms with van der Waals surface area (Å²) in [5, 5.41) is 4.95. The lowest BCUT2D eigenvalue weighted by Crippen LogP contribution is -2.17. The molecule has 0 radical (unpaired) electrons. The quantitative estimate of drug-likeness (QED) is 0.786. The Labute approximate surface area is 118 Å². The molecular weight excluding hydrogens is 260 g/mol. The summed E-state index contributed by atoms with van der Waals surface area (Å²) in [7, 11) is 0. The summed E-state index contributed by atoms with van der Waals surface area (Å²) in [6, 6.07) is 3.73. The van der Waals surface area contributed by atoms with E-state index in [-0.39, 0.29) is 5.41 Å². The van der Waals surface area contributed by atoms with Gasteiger partial charge in [-0.05, 0) is 12.0 Å². The number of hydrogen-bond donors (Lipinski definition) is 0. The fourth-order valence-electron chi connectivity index (χ4n) is 1.63. The summed E-state index contributed by atoms with van der Waals surface area (Å²) in [5.41, 5.74) is 0.889. The van der Waals surface area contributed by atoms with Crippen LogP contribution in [0.2, 0.25) is 5.15 Å². The van der Waals surface area contributed by atoms with E-state index in [1.807, 2.05) is 12.3 Å². The summed E-state index contributed by atoms with van der Waals surface area (Å²) >= 11 is 6.08. The Hall–Kier alpha value is -1.42. The van der Waals surface area contributed by atoms with E-state index in [0.29, 0.717) is 16.9 Å². The highest BCUT2D eigenvalue weighted by Gasteiger charge is 2.19. The minimum Gasteiger partial charge on any atom is -0.222 e. The van der Waals surface area contributed by atoms with Crippen LogP contribution in [0.3, 0.4) is 0 Å². The predicted octanol–water partition coefficient (Wildman–Crippen LogP) is 3.74. The van der Waals surface area contributed by atoms with E-state index in [0.717, 1.165) is 11.5 Å². The minimum atomic E-state index is -0.145. The van der Waals surface area contributed by atoms with Crippen molar-refractivity contribution in [2.24, 2.45) is 0 Å². The Bertz CT molecular complexity index is 581. The minimum absolute atomic E-state index is 0.145. The van der Waals surface area contributed by atoms with Crippen LogP contribution in [0, 0.1) is 0 Å². The topological polar surface area (TPSA) is 43.6 Å². The Balaban J connectivity index is 2.47. The Kier molecular flexibility index (Phi) is 3.63. The molecule has 2 aromatic heterocycles. The van der Waals surface area contributed by atoms with Gasteiger partial charge >= 0.3 is 0 Å². The van der Waals surface area contributed by atoms with Crippen LogP contribution in [-0.4, -0.2) is 19.7 Å². The lowest BCUT2D eigenvalue weighted by atomic mass is 9.96. The molecule has 0 amide bonds. The second-order valence-corrected chi connectivity index (χ2v) is 6.35. The molecule has 2 aromatic rings. The first-order chi connectivity index (χ1) is 8.77. The number of halogens is 1. The molecule has 0 fully saturated rings. The number of aromatic nitrogens is 4. The monoisotopic (exact) mass is 278 g/mol. The molecule has 0 unspecified atom stereocenters. The van der Waals surface area contributed by atoms with Crippen LogP contribution in [0.4, 0.5) is 0 Å². The molecule has 0 saturated carbocycles. The number of nitrogens with zero attached hydrogens (tertiary/aromatic N) is 4. The molecule has 2 heterocycles. The maximum Gasteiger partial charge on any atom is 0.158 e. The van der Waals surface area contributed by atoms with Crippen LogP contribution in [0.25, 0.3) is 5.82 Å². The normalized spacial score (nSPS) is 12.2. The van der Waals surface area contributed by atoms with E-state index in [9.17, 15) is 0 Å². The summed E-state index contributed by atoms with van der Waals surface area (Å²) < 4.78 is 1.75. The van der Waals surface area contributed by atoms with Gasteiger partial charge in [-0.2, -0.15) is 5.10 Å². The maximum absolute atomic E-state index is 6.08. The van der Waals surface area contributed by atoms with Gasteiger partial charge < -0.3 is 0 Å². The first-order valence-corrected chi connectivity index (χ1v) is 6.76. The van der Waals surface area contributed by atoms with Gasteiger partial charge in [0.05, 0.1) is 5.69 Å². The van der Waals surface area contributed by atoms with Gasteiger partial charge in [-0.25, -0.2) is 14.6 Å². The largest absolute Gasteiger partial charge is 0.222 e. The average molecular weight is 279 g/mol. The molecule has 102 valence electrons. The first-order valence-electron chi connectivity index (χ1n) is 6.38. The molecule has 0 aliphatic carbocycles. The van der Waals surface area contributed by atoms with Gasteiger partial charge in [-0.3, -0.25) is 0 Å². The van der Waals surface area contributed by atoms with Crippen molar-refractivity contribution in [2.45, 2.75) is 46.0 Å². The molecule has 0 N–H and O–H groups in total. The summed E-state index contributed by atoms with van der Waals surface area (Å²) in [5.74, 6) is 1.81. The first kappa shape index (κ1) is 14.0. The molecule has 19 heavy (non-hydrogen) atoms. The lowest BCUT2D eigenvalue weighted by Gasteiger charge is -2.17. The van der Waals surface area contributed by atoms with E-state index >= 15 is 0 Å². The van der Waals surface area contributed by atoms with Crippen LogP contribution in [0.15, 0.2) is 18.3 Å². The van der Waals surface area contributed by atoms with Crippen molar-refractivity contribution < 1.29 is 0 Å². The van der Waals surface area contributed by atoms with Crippen molar-refractivity contribution in [2.75, 3.05) is 0 Å². The predicted molar refractivity (Wildman–Crippen MR) is 77.0 cm³/mol. The fourth-order valence-corrected chi connectivity index (χ4v) is 1.81. The van der Waals surface area contributed by atoms with Gasteiger partial charge in [-0.15, -0.1) is 0 Å².